The molecule has 3 N–H and O–H groups in total. The Hall–Kier alpha value is -3.23. The second-order valence-corrected chi connectivity index (χ2v) is 10.8. The summed E-state index contributed by atoms with van der Waals surface area (Å²) in [7, 11) is -5.84. The third kappa shape index (κ3) is 9.09. The number of ether oxygens (including phenoxy) is 1. The van der Waals surface area contributed by atoms with Crippen molar-refractivity contribution in [3.05, 3.63) is 60.4 Å². The standard InChI is InChI=1S/C21H23N3O3S.CHF3O3S/c1-21(2,3)27-20(26)23-12-16(14-7-5-4-6-8-14)19(25)24-18-11-15-9-10-22-13-17(15)28-18;2-1(3,4)8(5,6)7/h4-11,13,16H,12H2,1-3H3,(H,23,26)(H,24,25);(H,5,6,7). The van der Waals surface area contributed by atoms with Crippen molar-refractivity contribution < 1.29 is 40.5 Å². The van der Waals surface area contributed by atoms with E-state index in [-0.39, 0.29) is 12.5 Å². The molecule has 0 bridgehead atoms. The molecule has 0 saturated heterocycles. The van der Waals surface area contributed by atoms with Gasteiger partial charge in [0.2, 0.25) is 5.91 Å². The zero-order valence-corrected chi connectivity index (χ0v) is 21.0. The van der Waals surface area contributed by atoms with Gasteiger partial charge in [-0.25, -0.2) is 4.79 Å². The Labute approximate surface area is 209 Å². The molecular weight excluding hydrogens is 523 g/mol. The molecule has 0 aliphatic carbocycles. The summed E-state index contributed by atoms with van der Waals surface area (Å²) in [6, 6.07) is 13.2. The molecule has 0 radical (unpaired) electrons. The van der Waals surface area contributed by atoms with Gasteiger partial charge in [-0.15, -0.1) is 11.3 Å². The van der Waals surface area contributed by atoms with Crippen LogP contribution in [0.3, 0.4) is 0 Å². The van der Waals surface area contributed by atoms with E-state index < -0.39 is 33.2 Å². The number of pyridine rings is 1. The number of carbonyl (C=O) groups excluding carboxylic acids is 2. The van der Waals surface area contributed by atoms with Crippen molar-refractivity contribution in [2.75, 3.05) is 11.9 Å². The van der Waals surface area contributed by atoms with E-state index in [4.69, 9.17) is 17.7 Å². The van der Waals surface area contributed by atoms with Crippen molar-refractivity contribution in [3.8, 4) is 0 Å². The van der Waals surface area contributed by atoms with Crippen molar-refractivity contribution >= 4 is 48.5 Å². The van der Waals surface area contributed by atoms with Crippen molar-refractivity contribution in [2.45, 2.75) is 37.8 Å². The molecular formula is C22H24F3N3O6S2. The van der Waals surface area contributed by atoms with E-state index >= 15 is 0 Å². The quantitative estimate of drug-likeness (QED) is 0.304. The fourth-order valence-corrected chi connectivity index (χ4v) is 3.63. The van der Waals surface area contributed by atoms with E-state index in [0.717, 1.165) is 20.7 Å². The molecule has 36 heavy (non-hydrogen) atoms. The number of alkyl carbamates (subject to hydrolysis) is 1. The molecule has 1 aromatic carbocycles. The first-order valence-corrected chi connectivity index (χ1v) is 12.5. The van der Waals surface area contributed by atoms with Gasteiger partial charge in [-0.2, -0.15) is 21.6 Å². The number of hydrogen-bond acceptors (Lipinski definition) is 7. The number of halogens is 3. The van der Waals surface area contributed by atoms with Gasteiger partial charge in [-0.05, 0) is 43.9 Å². The van der Waals surface area contributed by atoms with Crippen LogP contribution in [0.5, 0.6) is 0 Å². The van der Waals surface area contributed by atoms with Crippen LogP contribution >= 0.6 is 11.3 Å². The maximum Gasteiger partial charge on any atom is 0.522 e. The van der Waals surface area contributed by atoms with Crippen LogP contribution in [-0.2, 0) is 19.6 Å². The molecule has 0 aliphatic heterocycles. The van der Waals surface area contributed by atoms with Crippen molar-refractivity contribution in [3.63, 3.8) is 0 Å². The molecule has 0 fully saturated rings. The highest BCUT2D eigenvalue weighted by molar-refractivity contribution is 7.86. The largest absolute Gasteiger partial charge is 0.522 e. The van der Waals surface area contributed by atoms with Crippen LogP contribution < -0.4 is 10.6 Å². The van der Waals surface area contributed by atoms with Crippen LogP contribution in [0.25, 0.3) is 10.1 Å². The summed E-state index contributed by atoms with van der Waals surface area (Å²) in [6.45, 7) is 5.52. The molecule has 2 heterocycles. The van der Waals surface area contributed by atoms with Gasteiger partial charge in [0.1, 0.15) is 5.60 Å². The van der Waals surface area contributed by atoms with Crippen LogP contribution in [0.15, 0.2) is 54.9 Å². The first kappa shape index (κ1) is 29.0. The van der Waals surface area contributed by atoms with Gasteiger partial charge in [0.15, 0.2) is 0 Å². The first-order valence-electron chi connectivity index (χ1n) is 10.3. The third-order valence-electron chi connectivity index (χ3n) is 4.23. The second-order valence-electron chi connectivity index (χ2n) is 8.28. The van der Waals surface area contributed by atoms with Crippen molar-refractivity contribution in [2.24, 2.45) is 0 Å². The minimum absolute atomic E-state index is 0.136. The van der Waals surface area contributed by atoms with E-state index in [1.807, 2.05) is 42.5 Å². The summed E-state index contributed by atoms with van der Waals surface area (Å²) in [5, 5.41) is 7.43. The highest BCUT2D eigenvalue weighted by Crippen LogP contribution is 2.30. The number of aromatic nitrogens is 1. The predicted octanol–water partition coefficient (Wildman–Crippen LogP) is 4.94. The van der Waals surface area contributed by atoms with E-state index in [0.29, 0.717) is 0 Å². The van der Waals surface area contributed by atoms with Crippen LogP contribution in [0.2, 0.25) is 0 Å². The predicted molar refractivity (Wildman–Crippen MR) is 129 cm³/mol. The number of anilines is 1. The van der Waals surface area contributed by atoms with Gasteiger partial charge in [0.05, 0.1) is 15.6 Å². The lowest BCUT2D eigenvalue weighted by molar-refractivity contribution is -0.117. The summed E-state index contributed by atoms with van der Waals surface area (Å²) in [5.41, 5.74) is -5.31. The van der Waals surface area contributed by atoms with Crippen molar-refractivity contribution in [1.82, 2.24) is 10.3 Å². The third-order valence-corrected chi connectivity index (χ3v) is 5.82. The van der Waals surface area contributed by atoms with Gasteiger partial charge < -0.3 is 15.4 Å². The normalized spacial score (nSPS) is 12.8. The number of amides is 2. The van der Waals surface area contributed by atoms with Gasteiger partial charge in [-0.3, -0.25) is 14.3 Å². The van der Waals surface area contributed by atoms with Crippen LogP contribution in [0.1, 0.15) is 32.3 Å². The lowest BCUT2D eigenvalue weighted by atomic mass is 9.98. The Morgan fingerprint density at radius 1 is 1.14 bits per heavy atom. The Kier molecular flexibility index (Phi) is 9.40. The second kappa shape index (κ2) is 11.7. The molecule has 14 heteroatoms. The van der Waals surface area contributed by atoms with Gasteiger partial charge in [-0.1, -0.05) is 30.3 Å². The minimum Gasteiger partial charge on any atom is -0.444 e. The molecule has 9 nitrogen and oxygen atoms in total. The molecule has 3 rings (SSSR count). The number of nitrogens with zero attached hydrogens (tertiary/aromatic N) is 1. The molecule has 2 amide bonds. The highest BCUT2D eigenvalue weighted by atomic mass is 32.2. The summed E-state index contributed by atoms with van der Waals surface area (Å²) in [4.78, 5) is 29.1. The Bertz CT molecular complexity index is 1260. The smallest absolute Gasteiger partial charge is 0.444 e. The van der Waals surface area contributed by atoms with Crippen LogP contribution in [0.4, 0.5) is 23.0 Å². The fraction of sp³-hybridized carbons (Fsp3) is 0.318. The first-order chi connectivity index (χ1) is 16.6. The Balaban J connectivity index is 0.000000493. The van der Waals surface area contributed by atoms with E-state index in [9.17, 15) is 22.8 Å². The van der Waals surface area contributed by atoms with Gasteiger partial charge in [0.25, 0.3) is 0 Å². The highest BCUT2D eigenvalue weighted by Gasteiger charge is 2.44. The lowest BCUT2D eigenvalue weighted by Crippen LogP contribution is -2.37. The summed E-state index contributed by atoms with van der Waals surface area (Å²) in [6.07, 6.45) is 2.95. The van der Waals surface area contributed by atoms with E-state index in [2.05, 4.69) is 15.6 Å². The molecule has 1 atom stereocenters. The number of nitrogens with one attached hydrogen (secondary N) is 2. The van der Waals surface area contributed by atoms with E-state index in [1.54, 1.807) is 33.2 Å². The molecule has 2 aromatic heterocycles. The number of fused-ring (bicyclic) bond motifs is 1. The number of carbonyl (C=O) groups is 2. The Morgan fingerprint density at radius 3 is 2.28 bits per heavy atom. The van der Waals surface area contributed by atoms with Crippen LogP contribution in [0, 0.1) is 0 Å². The minimum atomic E-state index is -5.84. The Morgan fingerprint density at radius 2 is 1.75 bits per heavy atom. The molecule has 0 saturated carbocycles. The zero-order chi connectivity index (χ0) is 27.1. The summed E-state index contributed by atoms with van der Waals surface area (Å²) < 4.78 is 63.8. The zero-order valence-electron chi connectivity index (χ0n) is 19.4. The summed E-state index contributed by atoms with van der Waals surface area (Å²) in [5.74, 6) is -0.737. The van der Waals surface area contributed by atoms with Crippen LogP contribution in [-0.4, -0.2) is 47.6 Å². The van der Waals surface area contributed by atoms with Crippen molar-refractivity contribution in [1.29, 1.82) is 0 Å². The SMILES string of the molecule is CC(C)(C)OC(=O)NCC(C(=O)Nc1cc2ccncc2s1)c1ccccc1.O=S(=O)(O)C(F)(F)F. The molecule has 3 aromatic rings. The molecule has 196 valence electrons. The maximum atomic E-state index is 13.0. The average Bonchev–Trinajstić information content (AvgIpc) is 3.14. The number of benzene rings is 1. The maximum absolute atomic E-state index is 13.0. The number of rotatable bonds is 5. The topological polar surface area (TPSA) is 135 Å². The average molecular weight is 548 g/mol. The van der Waals surface area contributed by atoms with E-state index in [1.165, 1.54) is 11.3 Å². The fourth-order valence-electron chi connectivity index (χ4n) is 2.70. The molecule has 0 aliphatic rings. The lowest BCUT2D eigenvalue weighted by Gasteiger charge is -2.22. The number of hydrogen-bond donors (Lipinski definition) is 3. The number of alkyl halides is 3. The van der Waals surface area contributed by atoms with Gasteiger partial charge in [0, 0.05) is 18.9 Å². The summed E-state index contributed by atoms with van der Waals surface area (Å²) >= 11 is 1.46. The van der Waals surface area contributed by atoms with Gasteiger partial charge >= 0.3 is 21.7 Å². The number of thiophene rings is 1. The molecule has 1 unspecified atom stereocenters. The monoisotopic (exact) mass is 547 g/mol. The molecule has 0 spiro atoms.